The summed E-state index contributed by atoms with van der Waals surface area (Å²) in [6, 6.07) is 5.74. The first-order valence-corrected chi connectivity index (χ1v) is 12.0. The number of hydrogen-bond donors (Lipinski definition) is 2. The molecule has 1 fully saturated rings. The number of rotatable bonds is 7. The second-order valence-corrected chi connectivity index (χ2v) is 10.6. The monoisotopic (exact) mass is 454 g/mol. The lowest BCUT2D eigenvalue weighted by Gasteiger charge is -2.35. The number of nitrogens with zero attached hydrogens (tertiary/aromatic N) is 2. The lowest BCUT2D eigenvalue weighted by Crippen LogP contribution is -2.51. The minimum Gasteiger partial charge on any atom is -0.444 e. The van der Waals surface area contributed by atoms with Crippen LogP contribution in [-0.2, 0) is 14.8 Å². The molecule has 0 unspecified atom stereocenters. The third kappa shape index (κ3) is 8.12. The standard InChI is InChI=1S/C21H34N4O5S/c1-16(2)23-31(28,29)18-8-6-7-17(15-18)19(26)22-9-10-24-11-13-25(14-12-24)20(27)30-21(3,4)5/h6-8,15-16,23H,9-14H2,1-5H3,(H,22,26). The number of amides is 2. The Morgan fingerprint density at radius 1 is 1.13 bits per heavy atom. The van der Waals surface area contributed by atoms with Gasteiger partial charge in [-0.25, -0.2) is 17.9 Å². The van der Waals surface area contributed by atoms with E-state index in [1.165, 1.54) is 12.1 Å². The number of hydrogen-bond acceptors (Lipinski definition) is 6. The SMILES string of the molecule is CC(C)NS(=O)(=O)c1cccc(C(=O)NCCN2CCN(C(=O)OC(C)(C)C)CC2)c1. The number of piperazine rings is 1. The number of nitrogens with one attached hydrogen (secondary N) is 2. The topological polar surface area (TPSA) is 108 Å². The molecule has 1 aromatic rings. The number of ether oxygens (including phenoxy) is 1. The van der Waals surface area contributed by atoms with Crippen LogP contribution >= 0.6 is 0 Å². The summed E-state index contributed by atoms with van der Waals surface area (Å²) in [6.45, 7) is 12.6. The molecule has 0 aromatic heterocycles. The van der Waals surface area contributed by atoms with Crippen LogP contribution in [0.1, 0.15) is 45.0 Å². The maximum Gasteiger partial charge on any atom is 0.410 e. The van der Waals surface area contributed by atoms with Crippen LogP contribution in [0.2, 0.25) is 0 Å². The normalized spacial score (nSPS) is 15.7. The Kier molecular flexibility index (Phi) is 8.44. The Morgan fingerprint density at radius 3 is 2.35 bits per heavy atom. The molecule has 2 rings (SSSR count). The molecule has 0 spiro atoms. The molecule has 1 aromatic carbocycles. The fourth-order valence-electron chi connectivity index (χ4n) is 3.09. The molecule has 10 heteroatoms. The van der Waals surface area contributed by atoms with E-state index in [0.717, 1.165) is 0 Å². The van der Waals surface area contributed by atoms with Crippen molar-refractivity contribution in [1.82, 2.24) is 19.8 Å². The first kappa shape index (κ1) is 25.1. The number of carbonyl (C=O) groups is 2. The van der Waals surface area contributed by atoms with Gasteiger partial charge in [0.15, 0.2) is 0 Å². The van der Waals surface area contributed by atoms with E-state index in [-0.39, 0.29) is 22.9 Å². The summed E-state index contributed by atoms with van der Waals surface area (Å²) in [4.78, 5) is 28.5. The predicted molar refractivity (Wildman–Crippen MR) is 118 cm³/mol. The minimum absolute atomic E-state index is 0.0621. The van der Waals surface area contributed by atoms with Gasteiger partial charge in [0.2, 0.25) is 10.0 Å². The van der Waals surface area contributed by atoms with Gasteiger partial charge < -0.3 is 15.0 Å². The van der Waals surface area contributed by atoms with E-state index in [1.807, 2.05) is 20.8 Å². The first-order valence-electron chi connectivity index (χ1n) is 10.5. The van der Waals surface area contributed by atoms with Gasteiger partial charge in [0.05, 0.1) is 4.90 Å². The van der Waals surface area contributed by atoms with Crippen LogP contribution < -0.4 is 10.0 Å². The van der Waals surface area contributed by atoms with Gasteiger partial charge in [0.25, 0.3) is 5.91 Å². The zero-order valence-electron chi connectivity index (χ0n) is 19.0. The highest BCUT2D eigenvalue weighted by atomic mass is 32.2. The Balaban J connectivity index is 1.80. The molecule has 0 radical (unpaired) electrons. The molecule has 31 heavy (non-hydrogen) atoms. The van der Waals surface area contributed by atoms with E-state index >= 15 is 0 Å². The zero-order chi connectivity index (χ0) is 23.2. The lowest BCUT2D eigenvalue weighted by atomic mass is 10.2. The van der Waals surface area contributed by atoms with E-state index in [1.54, 1.807) is 30.9 Å². The molecule has 0 atom stereocenters. The Bertz CT molecular complexity index is 872. The van der Waals surface area contributed by atoms with Gasteiger partial charge in [-0.05, 0) is 52.8 Å². The predicted octanol–water partition coefficient (Wildman–Crippen LogP) is 1.66. The molecule has 1 heterocycles. The minimum atomic E-state index is -3.66. The molecule has 174 valence electrons. The van der Waals surface area contributed by atoms with Crippen LogP contribution in [0.5, 0.6) is 0 Å². The number of benzene rings is 1. The van der Waals surface area contributed by atoms with Crippen molar-refractivity contribution in [2.45, 2.75) is 51.2 Å². The third-order valence-electron chi connectivity index (χ3n) is 4.53. The van der Waals surface area contributed by atoms with Crippen LogP contribution in [0, 0.1) is 0 Å². The average molecular weight is 455 g/mol. The van der Waals surface area contributed by atoms with Crippen molar-refractivity contribution in [3.63, 3.8) is 0 Å². The fourth-order valence-corrected chi connectivity index (χ4v) is 4.39. The van der Waals surface area contributed by atoms with E-state index in [4.69, 9.17) is 4.74 Å². The zero-order valence-corrected chi connectivity index (χ0v) is 19.8. The largest absolute Gasteiger partial charge is 0.444 e. The van der Waals surface area contributed by atoms with Crippen LogP contribution in [0.4, 0.5) is 4.79 Å². The lowest BCUT2D eigenvalue weighted by molar-refractivity contribution is 0.0147. The van der Waals surface area contributed by atoms with Crippen molar-refractivity contribution in [1.29, 1.82) is 0 Å². The molecular weight excluding hydrogens is 420 g/mol. The molecule has 1 saturated heterocycles. The molecular formula is C21H34N4O5S. The second kappa shape index (κ2) is 10.4. The van der Waals surface area contributed by atoms with Gasteiger partial charge in [-0.15, -0.1) is 0 Å². The quantitative estimate of drug-likeness (QED) is 0.649. The van der Waals surface area contributed by atoms with Crippen molar-refractivity contribution in [3.05, 3.63) is 29.8 Å². The highest BCUT2D eigenvalue weighted by Crippen LogP contribution is 2.13. The molecule has 1 aliphatic rings. The Hall–Kier alpha value is -2.17. The van der Waals surface area contributed by atoms with Gasteiger partial charge >= 0.3 is 6.09 Å². The highest BCUT2D eigenvalue weighted by Gasteiger charge is 2.25. The molecule has 2 N–H and O–H groups in total. The van der Waals surface area contributed by atoms with E-state index in [9.17, 15) is 18.0 Å². The average Bonchev–Trinajstić information content (AvgIpc) is 2.66. The van der Waals surface area contributed by atoms with E-state index < -0.39 is 15.6 Å². The van der Waals surface area contributed by atoms with Gasteiger partial charge in [-0.1, -0.05) is 6.07 Å². The summed E-state index contributed by atoms with van der Waals surface area (Å²) < 4.78 is 32.5. The van der Waals surface area contributed by atoms with Crippen molar-refractivity contribution in [2.24, 2.45) is 0 Å². The highest BCUT2D eigenvalue weighted by molar-refractivity contribution is 7.89. The van der Waals surface area contributed by atoms with Gasteiger partial charge in [-0.3, -0.25) is 9.69 Å². The molecule has 2 amide bonds. The van der Waals surface area contributed by atoms with Gasteiger partial charge in [-0.2, -0.15) is 0 Å². The summed E-state index contributed by atoms with van der Waals surface area (Å²) in [6.07, 6.45) is -0.303. The van der Waals surface area contributed by atoms with Crippen molar-refractivity contribution < 1.29 is 22.7 Å². The maximum absolute atomic E-state index is 12.4. The number of sulfonamides is 1. The fraction of sp³-hybridized carbons (Fsp3) is 0.619. The van der Waals surface area contributed by atoms with E-state index in [2.05, 4.69) is 14.9 Å². The number of carbonyl (C=O) groups excluding carboxylic acids is 2. The summed E-state index contributed by atoms with van der Waals surface area (Å²) in [5.74, 6) is -0.325. The van der Waals surface area contributed by atoms with Gasteiger partial charge in [0, 0.05) is 50.9 Å². The summed E-state index contributed by atoms with van der Waals surface area (Å²) in [7, 11) is -3.66. The van der Waals surface area contributed by atoms with Crippen LogP contribution in [0.3, 0.4) is 0 Å². The molecule has 9 nitrogen and oxygen atoms in total. The molecule has 0 saturated carbocycles. The van der Waals surface area contributed by atoms with Crippen LogP contribution in [0.15, 0.2) is 29.2 Å². The summed E-state index contributed by atoms with van der Waals surface area (Å²) >= 11 is 0. The Labute approximate surface area is 185 Å². The van der Waals surface area contributed by atoms with Crippen molar-refractivity contribution in [3.8, 4) is 0 Å². The van der Waals surface area contributed by atoms with Crippen LogP contribution in [0.25, 0.3) is 0 Å². The van der Waals surface area contributed by atoms with Crippen molar-refractivity contribution in [2.75, 3.05) is 39.3 Å². The summed E-state index contributed by atoms with van der Waals surface area (Å²) in [5.41, 5.74) is -0.221. The smallest absolute Gasteiger partial charge is 0.410 e. The van der Waals surface area contributed by atoms with E-state index in [0.29, 0.717) is 44.8 Å². The first-order chi connectivity index (χ1) is 14.4. The molecule has 1 aliphatic heterocycles. The van der Waals surface area contributed by atoms with Crippen molar-refractivity contribution >= 4 is 22.0 Å². The molecule has 0 bridgehead atoms. The molecule has 0 aliphatic carbocycles. The van der Waals surface area contributed by atoms with Gasteiger partial charge in [0.1, 0.15) is 5.60 Å². The summed E-state index contributed by atoms with van der Waals surface area (Å²) in [5, 5.41) is 2.83. The van der Waals surface area contributed by atoms with Crippen LogP contribution in [-0.4, -0.2) is 81.1 Å². The maximum atomic E-state index is 12.4. The second-order valence-electron chi connectivity index (χ2n) is 8.87. The third-order valence-corrected chi connectivity index (χ3v) is 6.19. The Morgan fingerprint density at radius 2 is 1.77 bits per heavy atom.